The van der Waals surface area contributed by atoms with Crippen LogP contribution in [-0.2, 0) is 0 Å². The van der Waals surface area contributed by atoms with Gasteiger partial charge < -0.3 is 0 Å². The van der Waals surface area contributed by atoms with Crippen LogP contribution in [0.4, 0.5) is 0 Å². The van der Waals surface area contributed by atoms with E-state index in [4.69, 9.17) is 0 Å². The second kappa shape index (κ2) is 3.39. The van der Waals surface area contributed by atoms with Crippen LogP contribution in [0.1, 0.15) is 16.1 Å². The van der Waals surface area contributed by atoms with Gasteiger partial charge in [-0.1, -0.05) is 31.4 Å². The summed E-state index contributed by atoms with van der Waals surface area (Å²) in [6.45, 7) is 9.62. The molecule has 14 heavy (non-hydrogen) atoms. The summed E-state index contributed by atoms with van der Waals surface area (Å²) in [5.41, 5.74) is 3.22. The van der Waals surface area contributed by atoms with Gasteiger partial charge in [-0.15, -0.1) is 11.3 Å². The number of rotatable bonds is 2. The first kappa shape index (κ1) is 9.16. The molecule has 0 aliphatic carbocycles. The maximum atomic E-state index is 4.49. The molecule has 2 heteroatoms. The van der Waals surface area contributed by atoms with Crippen LogP contribution >= 0.6 is 11.3 Å². The first-order valence-corrected chi connectivity index (χ1v) is 5.23. The molecule has 0 aliphatic heterocycles. The van der Waals surface area contributed by atoms with Gasteiger partial charge in [0.25, 0.3) is 0 Å². The second-order valence-corrected chi connectivity index (χ2v) is 4.29. The van der Waals surface area contributed by atoms with Crippen LogP contribution in [0.25, 0.3) is 22.4 Å². The highest BCUT2D eigenvalue weighted by atomic mass is 32.1. The van der Waals surface area contributed by atoms with E-state index in [0.717, 1.165) is 21.7 Å². The summed E-state index contributed by atoms with van der Waals surface area (Å²) in [5, 5.41) is 1.09. The third-order valence-corrected chi connectivity index (χ3v) is 3.10. The van der Waals surface area contributed by atoms with E-state index in [1.54, 1.807) is 11.3 Å². The smallest absolute Gasteiger partial charge is 0.0908 e. The zero-order valence-corrected chi connectivity index (χ0v) is 8.90. The lowest BCUT2D eigenvalue weighted by Gasteiger charge is -2.00. The van der Waals surface area contributed by atoms with Gasteiger partial charge in [0.05, 0.1) is 15.2 Å². The van der Waals surface area contributed by atoms with E-state index >= 15 is 0 Å². The highest BCUT2D eigenvalue weighted by molar-refractivity contribution is 7.18. The Morgan fingerprint density at radius 3 is 2.71 bits per heavy atom. The highest BCUT2D eigenvalue weighted by Crippen LogP contribution is 2.28. The number of aromatic nitrogens is 1. The molecular weight excluding hydrogens is 190 g/mol. The fourth-order valence-corrected chi connectivity index (χ4v) is 2.38. The summed E-state index contributed by atoms with van der Waals surface area (Å²) < 4.78 is 1.21. The van der Waals surface area contributed by atoms with Gasteiger partial charge >= 0.3 is 0 Å². The van der Waals surface area contributed by atoms with E-state index in [2.05, 4.69) is 30.3 Å². The lowest BCUT2D eigenvalue weighted by Crippen LogP contribution is -1.82. The van der Waals surface area contributed by atoms with Crippen LogP contribution in [0, 0.1) is 6.92 Å². The minimum absolute atomic E-state index is 1.04. The molecule has 0 saturated heterocycles. The van der Waals surface area contributed by atoms with Crippen molar-refractivity contribution in [3.8, 4) is 0 Å². The van der Waals surface area contributed by atoms with Gasteiger partial charge in [-0.05, 0) is 18.6 Å². The fraction of sp³-hybridized carbons (Fsp3) is 0.0833. The fourth-order valence-electron chi connectivity index (χ4n) is 1.53. The molecule has 0 unspecified atom stereocenters. The number of nitrogens with zero attached hydrogens (tertiary/aromatic N) is 1. The van der Waals surface area contributed by atoms with Crippen molar-refractivity contribution in [1.82, 2.24) is 4.98 Å². The van der Waals surface area contributed by atoms with E-state index < -0.39 is 0 Å². The quantitative estimate of drug-likeness (QED) is 0.718. The number of thiazole rings is 1. The van der Waals surface area contributed by atoms with Crippen molar-refractivity contribution in [2.45, 2.75) is 6.92 Å². The van der Waals surface area contributed by atoms with E-state index in [1.165, 1.54) is 4.70 Å². The van der Waals surface area contributed by atoms with Crippen molar-refractivity contribution in [2.75, 3.05) is 0 Å². The van der Waals surface area contributed by atoms with Crippen LogP contribution in [-0.4, -0.2) is 4.98 Å². The Morgan fingerprint density at radius 2 is 2.07 bits per heavy atom. The van der Waals surface area contributed by atoms with Gasteiger partial charge in [0.2, 0.25) is 0 Å². The average Bonchev–Trinajstić information content (AvgIpc) is 2.56. The Morgan fingerprint density at radius 1 is 1.29 bits per heavy atom. The number of hydrogen-bond donors (Lipinski definition) is 0. The van der Waals surface area contributed by atoms with E-state index in [0.29, 0.717) is 0 Å². The highest BCUT2D eigenvalue weighted by Gasteiger charge is 2.06. The summed E-state index contributed by atoms with van der Waals surface area (Å²) in [4.78, 5) is 4.49. The lowest BCUT2D eigenvalue weighted by atomic mass is 10.1. The van der Waals surface area contributed by atoms with Gasteiger partial charge in [-0.3, -0.25) is 0 Å². The predicted molar refractivity (Wildman–Crippen MR) is 64.5 cm³/mol. The summed E-state index contributed by atoms with van der Waals surface area (Å²) >= 11 is 1.71. The van der Waals surface area contributed by atoms with Crippen molar-refractivity contribution < 1.29 is 0 Å². The molecule has 0 fully saturated rings. The van der Waals surface area contributed by atoms with Crippen LogP contribution in [0.3, 0.4) is 0 Å². The SMILES string of the molecule is C=Cc1ccc2sc(C)nc2c1C=C. The van der Waals surface area contributed by atoms with Gasteiger partial charge in [0, 0.05) is 5.56 Å². The zero-order valence-electron chi connectivity index (χ0n) is 8.08. The molecular formula is C12H11NS. The standard InChI is InChI=1S/C12H11NS/c1-4-9-6-7-11-12(10(9)5-2)13-8(3)14-11/h4-7H,1-2H2,3H3. The number of benzene rings is 1. The van der Waals surface area contributed by atoms with Gasteiger partial charge in [0.15, 0.2) is 0 Å². The first-order valence-electron chi connectivity index (χ1n) is 4.41. The molecule has 2 aromatic rings. The molecule has 0 bridgehead atoms. The number of fused-ring (bicyclic) bond motifs is 1. The van der Waals surface area contributed by atoms with Crippen molar-refractivity contribution in [3.63, 3.8) is 0 Å². The summed E-state index contributed by atoms with van der Waals surface area (Å²) in [7, 11) is 0. The van der Waals surface area contributed by atoms with Gasteiger partial charge in [0.1, 0.15) is 0 Å². The normalized spacial score (nSPS) is 10.4. The lowest BCUT2D eigenvalue weighted by molar-refractivity contribution is 1.34. The van der Waals surface area contributed by atoms with E-state index in [9.17, 15) is 0 Å². The minimum atomic E-state index is 1.04. The molecule has 0 N–H and O–H groups in total. The molecule has 0 radical (unpaired) electrons. The molecule has 70 valence electrons. The molecule has 0 aliphatic rings. The summed E-state index contributed by atoms with van der Waals surface area (Å²) in [6.07, 6.45) is 3.68. The number of aryl methyl sites for hydroxylation is 1. The topological polar surface area (TPSA) is 12.9 Å². The molecule has 0 amide bonds. The zero-order chi connectivity index (χ0) is 10.1. The Bertz CT molecular complexity index is 508. The Balaban J connectivity index is 2.88. The average molecular weight is 201 g/mol. The molecule has 1 aromatic carbocycles. The van der Waals surface area contributed by atoms with Crippen LogP contribution in [0.2, 0.25) is 0 Å². The minimum Gasteiger partial charge on any atom is -0.241 e. The van der Waals surface area contributed by atoms with E-state index in [-0.39, 0.29) is 0 Å². The summed E-state index contributed by atoms with van der Waals surface area (Å²) in [6, 6.07) is 4.15. The largest absolute Gasteiger partial charge is 0.241 e. The molecule has 0 saturated carbocycles. The molecule has 0 atom stereocenters. The summed E-state index contributed by atoms with van der Waals surface area (Å²) in [5.74, 6) is 0. The Hall–Kier alpha value is -1.41. The predicted octanol–water partition coefficient (Wildman–Crippen LogP) is 3.89. The maximum absolute atomic E-state index is 4.49. The third-order valence-electron chi connectivity index (χ3n) is 2.16. The van der Waals surface area contributed by atoms with Crippen LogP contribution in [0.5, 0.6) is 0 Å². The monoisotopic (exact) mass is 201 g/mol. The van der Waals surface area contributed by atoms with Gasteiger partial charge in [-0.2, -0.15) is 0 Å². The van der Waals surface area contributed by atoms with Crippen LogP contribution < -0.4 is 0 Å². The van der Waals surface area contributed by atoms with Crippen molar-refractivity contribution >= 4 is 33.7 Å². The van der Waals surface area contributed by atoms with Gasteiger partial charge in [-0.25, -0.2) is 4.98 Å². The number of hydrogen-bond acceptors (Lipinski definition) is 2. The Labute approximate surface area is 87.4 Å². The Kier molecular flexibility index (Phi) is 2.22. The maximum Gasteiger partial charge on any atom is 0.0908 e. The molecule has 0 spiro atoms. The molecule has 1 heterocycles. The second-order valence-electron chi connectivity index (χ2n) is 3.06. The van der Waals surface area contributed by atoms with Crippen molar-refractivity contribution in [1.29, 1.82) is 0 Å². The molecule has 2 rings (SSSR count). The van der Waals surface area contributed by atoms with Crippen molar-refractivity contribution in [2.24, 2.45) is 0 Å². The molecule has 1 nitrogen and oxygen atoms in total. The van der Waals surface area contributed by atoms with Crippen LogP contribution in [0.15, 0.2) is 25.3 Å². The third kappa shape index (κ3) is 1.28. The van der Waals surface area contributed by atoms with Crippen molar-refractivity contribution in [3.05, 3.63) is 41.4 Å². The first-order chi connectivity index (χ1) is 6.76. The molecule has 1 aromatic heterocycles. The van der Waals surface area contributed by atoms with E-state index in [1.807, 2.05) is 19.1 Å².